The summed E-state index contributed by atoms with van der Waals surface area (Å²) in [5, 5.41) is 20.3. The maximum absolute atomic E-state index is 13.6. The first-order valence-electron chi connectivity index (χ1n) is 11.2. The SMILES string of the molecule is COc1cc(-c2coc3cc4c(c(OC)c3c2=O)C=CC(C)(C)O4)ccc1OCC(O)C(C)(C)O. The van der Waals surface area contributed by atoms with Gasteiger partial charge in [-0.2, -0.15) is 0 Å². The average Bonchev–Trinajstić information content (AvgIpc) is 2.80. The molecule has 0 aliphatic carbocycles. The smallest absolute Gasteiger partial charge is 0.204 e. The third-order valence-corrected chi connectivity index (χ3v) is 5.94. The summed E-state index contributed by atoms with van der Waals surface area (Å²) in [6, 6.07) is 6.69. The fourth-order valence-corrected chi connectivity index (χ4v) is 3.83. The first-order chi connectivity index (χ1) is 16.4. The van der Waals surface area contributed by atoms with Crippen LogP contribution < -0.4 is 24.4 Å². The van der Waals surface area contributed by atoms with E-state index in [2.05, 4.69) is 0 Å². The molecule has 0 fully saturated rings. The number of benzene rings is 2. The summed E-state index contributed by atoms with van der Waals surface area (Å²) in [7, 11) is 2.98. The second kappa shape index (κ2) is 8.94. The highest BCUT2D eigenvalue weighted by Crippen LogP contribution is 2.42. The van der Waals surface area contributed by atoms with E-state index in [-0.39, 0.29) is 12.0 Å². The normalized spacial score (nSPS) is 15.3. The summed E-state index contributed by atoms with van der Waals surface area (Å²) in [5.41, 5.74) is -0.166. The number of fused-ring (bicyclic) bond motifs is 2. The van der Waals surface area contributed by atoms with Gasteiger partial charge in [-0.25, -0.2) is 0 Å². The van der Waals surface area contributed by atoms with Gasteiger partial charge in [-0.05, 0) is 57.5 Å². The number of hydrogen-bond acceptors (Lipinski definition) is 8. The van der Waals surface area contributed by atoms with E-state index in [0.717, 1.165) is 0 Å². The van der Waals surface area contributed by atoms with Crippen LogP contribution in [-0.2, 0) is 0 Å². The van der Waals surface area contributed by atoms with Gasteiger partial charge in [0, 0.05) is 6.07 Å². The Hall–Kier alpha value is -3.49. The van der Waals surface area contributed by atoms with E-state index < -0.39 is 17.3 Å². The molecule has 2 heterocycles. The van der Waals surface area contributed by atoms with Gasteiger partial charge in [0.05, 0.1) is 30.9 Å². The van der Waals surface area contributed by atoms with Gasteiger partial charge < -0.3 is 33.6 Å². The van der Waals surface area contributed by atoms with Crippen LogP contribution in [0.5, 0.6) is 23.0 Å². The molecule has 0 saturated carbocycles. The minimum absolute atomic E-state index is 0.133. The number of rotatable bonds is 7. The number of aliphatic hydroxyl groups excluding tert-OH is 1. The van der Waals surface area contributed by atoms with Crippen LogP contribution >= 0.6 is 0 Å². The van der Waals surface area contributed by atoms with Crippen molar-refractivity contribution in [1.29, 1.82) is 0 Å². The Morgan fingerprint density at radius 3 is 2.51 bits per heavy atom. The van der Waals surface area contributed by atoms with E-state index in [1.807, 2.05) is 26.0 Å². The molecule has 4 rings (SSSR count). The minimum atomic E-state index is -1.31. The predicted octanol–water partition coefficient (Wildman–Crippen LogP) is 4.17. The Balaban J connectivity index is 1.76. The largest absolute Gasteiger partial charge is 0.495 e. The lowest BCUT2D eigenvalue weighted by Crippen LogP contribution is -2.40. The Labute approximate surface area is 203 Å². The molecule has 0 radical (unpaired) electrons. The number of hydrogen-bond donors (Lipinski definition) is 2. The zero-order valence-corrected chi connectivity index (χ0v) is 20.7. The van der Waals surface area contributed by atoms with Gasteiger partial charge in [0.2, 0.25) is 5.43 Å². The third-order valence-electron chi connectivity index (χ3n) is 5.94. The van der Waals surface area contributed by atoms with Crippen LogP contribution in [0.15, 0.2) is 45.8 Å². The monoisotopic (exact) mass is 482 g/mol. The number of methoxy groups -OCH3 is 2. The fraction of sp³-hybridized carbons (Fsp3) is 0.370. The zero-order chi connectivity index (χ0) is 25.5. The summed E-state index contributed by atoms with van der Waals surface area (Å²) in [4.78, 5) is 13.6. The van der Waals surface area contributed by atoms with Crippen molar-refractivity contribution in [3.8, 4) is 34.1 Å². The summed E-state index contributed by atoms with van der Waals surface area (Å²) >= 11 is 0. The Morgan fingerprint density at radius 1 is 1.11 bits per heavy atom. The molecule has 1 atom stereocenters. The second-order valence-electron chi connectivity index (χ2n) is 9.56. The molecule has 0 spiro atoms. The Morgan fingerprint density at radius 2 is 1.86 bits per heavy atom. The highest BCUT2D eigenvalue weighted by Gasteiger charge is 2.28. The molecule has 0 amide bonds. The number of ether oxygens (including phenoxy) is 4. The minimum Gasteiger partial charge on any atom is -0.495 e. The molecule has 1 aliphatic rings. The van der Waals surface area contributed by atoms with Gasteiger partial charge in [0.15, 0.2) is 11.5 Å². The van der Waals surface area contributed by atoms with Crippen LogP contribution in [0.4, 0.5) is 0 Å². The quantitative estimate of drug-likeness (QED) is 0.517. The van der Waals surface area contributed by atoms with Crippen molar-refractivity contribution in [2.45, 2.75) is 45.0 Å². The zero-order valence-electron chi connectivity index (χ0n) is 20.7. The van der Waals surface area contributed by atoms with Crippen molar-refractivity contribution in [3.63, 3.8) is 0 Å². The summed E-state index contributed by atoms with van der Waals surface area (Å²) < 4.78 is 28.6. The molecule has 3 aromatic rings. The first-order valence-corrected chi connectivity index (χ1v) is 11.2. The molecule has 2 aromatic carbocycles. The molecule has 0 bridgehead atoms. The van der Waals surface area contributed by atoms with Crippen molar-refractivity contribution >= 4 is 17.0 Å². The molecule has 35 heavy (non-hydrogen) atoms. The van der Waals surface area contributed by atoms with E-state index >= 15 is 0 Å². The summed E-state index contributed by atoms with van der Waals surface area (Å²) in [6.45, 7) is 6.73. The van der Waals surface area contributed by atoms with Gasteiger partial charge in [-0.1, -0.05) is 6.07 Å². The van der Waals surface area contributed by atoms with E-state index in [4.69, 9.17) is 23.4 Å². The molecule has 8 nitrogen and oxygen atoms in total. The van der Waals surface area contributed by atoms with Crippen LogP contribution in [0.25, 0.3) is 28.2 Å². The molecule has 186 valence electrons. The van der Waals surface area contributed by atoms with Gasteiger partial charge in [-0.15, -0.1) is 0 Å². The van der Waals surface area contributed by atoms with E-state index in [1.54, 1.807) is 24.3 Å². The Kier molecular flexibility index (Phi) is 6.29. The highest BCUT2D eigenvalue weighted by molar-refractivity contribution is 5.93. The third kappa shape index (κ3) is 4.72. The maximum Gasteiger partial charge on any atom is 0.204 e. The standard InChI is InChI=1S/C27H30O8/c1-26(2)10-9-16-19(35-26)12-21-23(25(16)32-6)24(29)17(13-33-21)15-7-8-18(20(11-15)31-5)34-14-22(28)27(3,4)30/h7-13,22,28,30H,14H2,1-6H3. The number of aliphatic hydroxyl groups is 2. The van der Waals surface area contributed by atoms with Crippen molar-refractivity contribution in [1.82, 2.24) is 0 Å². The molecular weight excluding hydrogens is 452 g/mol. The van der Waals surface area contributed by atoms with Crippen molar-refractivity contribution in [3.05, 3.63) is 52.4 Å². The highest BCUT2D eigenvalue weighted by atomic mass is 16.5. The Bertz CT molecular complexity index is 1340. The lowest BCUT2D eigenvalue weighted by Gasteiger charge is -2.28. The molecule has 0 saturated heterocycles. The topological polar surface area (TPSA) is 108 Å². The summed E-state index contributed by atoms with van der Waals surface area (Å²) in [5.74, 6) is 1.68. The van der Waals surface area contributed by atoms with Crippen molar-refractivity contribution in [2.24, 2.45) is 0 Å². The van der Waals surface area contributed by atoms with Gasteiger partial charge in [0.1, 0.15) is 47.0 Å². The van der Waals surface area contributed by atoms with Gasteiger partial charge in [0.25, 0.3) is 0 Å². The second-order valence-corrected chi connectivity index (χ2v) is 9.56. The molecule has 1 aliphatic heterocycles. The fourth-order valence-electron chi connectivity index (χ4n) is 3.83. The molecule has 2 N–H and O–H groups in total. The van der Waals surface area contributed by atoms with Gasteiger partial charge >= 0.3 is 0 Å². The maximum atomic E-state index is 13.6. The summed E-state index contributed by atoms with van der Waals surface area (Å²) in [6.07, 6.45) is 4.10. The van der Waals surface area contributed by atoms with Crippen LogP contribution in [0, 0.1) is 0 Å². The van der Waals surface area contributed by atoms with Crippen molar-refractivity contribution in [2.75, 3.05) is 20.8 Å². The molecule has 8 heteroatoms. The van der Waals surface area contributed by atoms with Crippen LogP contribution in [0.2, 0.25) is 0 Å². The molecular formula is C27H30O8. The van der Waals surface area contributed by atoms with E-state index in [1.165, 1.54) is 34.3 Å². The molecule has 1 unspecified atom stereocenters. The lowest BCUT2D eigenvalue weighted by atomic mass is 9.98. The van der Waals surface area contributed by atoms with E-state index in [0.29, 0.717) is 50.7 Å². The first kappa shape index (κ1) is 24.6. The van der Waals surface area contributed by atoms with Crippen molar-refractivity contribution < 1.29 is 33.6 Å². The van der Waals surface area contributed by atoms with Crippen LogP contribution in [0.1, 0.15) is 33.3 Å². The predicted molar refractivity (Wildman–Crippen MR) is 133 cm³/mol. The van der Waals surface area contributed by atoms with Gasteiger partial charge in [-0.3, -0.25) is 4.79 Å². The lowest BCUT2D eigenvalue weighted by molar-refractivity contribution is -0.0663. The molecule has 1 aromatic heterocycles. The van der Waals surface area contributed by atoms with Crippen LogP contribution in [0.3, 0.4) is 0 Å². The van der Waals surface area contributed by atoms with Crippen LogP contribution in [-0.4, -0.2) is 48.3 Å². The average molecular weight is 483 g/mol. The van der Waals surface area contributed by atoms with E-state index in [9.17, 15) is 15.0 Å².